The minimum absolute atomic E-state index is 0.0888. The molecule has 7 heterocycles. The number of thioether (sulfide) groups is 2. The Morgan fingerprint density at radius 2 is 1.50 bits per heavy atom. The Bertz CT molecular complexity index is 3440. The van der Waals surface area contributed by atoms with E-state index in [-0.39, 0.29) is 30.0 Å². The van der Waals surface area contributed by atoms with Crippen molar-refractivity contribution in [2.24, 2.45) is 0 Å². The van der Waals surface area contributed by atoms with Crippen molar-refractivity contribution < 1.29 is 14.7 Å². The van der Waals surface area contributed by atoms with Crippen LogP contribution in [0.25, 0.3) is 40.9 Å². The standard InChI is InChI=1S/C51H47N4O5S8/c1-4-7-8-25-53-48(60)44(67-50(53)45-47(59)52(5-2)51(61)68-45)49-54(26-24-43(56)57)46(58)41(66-49)28-29-12-17-35-33(27-29)32-10-9-11-34(32)55(35)42-23-22-40(65-42)39-21-20-38(64-39)37-19-18-36(63-37)30-13-15-31(16-14-30)62-6-3/h6,12-23,27-28,32,34H,4-5,7-11,24-26H2,1-3H3,(H,56,57)/b41-28-,49-44+,50-45+. The number of carbonyl (C=O) groups is 2. The maximum Gasteiger partial charge on any atom is 0.305 e. The van der Waals surface area contributed by atoms with Gasteiger partial charge in [-0.1, -0.05) is 75.3 Å². The van der Waals surface area contributed by atoms with E-state index in [0.29, 0.717) is 52.7 Å². The molecule has 1 saturated heterocycles. The molecule has 1 aliphatic carbocycles. The number of carboxylic acids is 1. The molecule has 0 spiro atoms. The van der Waals surface area contributed by atoms with Gasteiger partial charge in [0.15, 0.2) is 0 Å². The van der Waals surface area contributed by atoms with Crippen molar-refractivity contribution in [1.82, 2.24) is 14.0 Å². The second kappa shape index (κ2) is 20.2. The van der Waals surface area contributed by atoms with Crippen LogP contribution in [0.3, 0.4) is 0 Å². The van der Waals surface area contributed by atoms with E-state index >= 15 is 0 Å². The fourth-order valence-electron chi connectivity index (χ4n) is 9.39. The van der Waals surface area contributed by atoms with E-state index in [2.05, 4.69) is 103 Å². The van der Waals surface area contributed by atoms with Gasteiger partial charge in [-0.15, -0.1) is 68.4 Å². The molecule has 3 aliphatic rings. The molecule has 0 bridgehead atoms. The van der Waals surface area contributed by atoms with Crippen LogP contribution in [0.4, 0.5) is 10.7 Å². The SMILES string of the molecule is C[CH]Sc1ccc(-c2ccc(-c3ccc(-c4ccc(N5c6ccc(/C=c7\s/c(=c8/s/c(=C9/SC(=S)N(CC)C9=O)n(CCCCC)c8=O)n(CCC(=O)O)c7=O)cc6C6CCCC65)s4)s3)s2)cc1. The number of hydrogen-bond acceptors (Lipinski definition) is 13. The van der Waals surface area contributed by atoms with Crippen molar-refractivity contribution in [3.8, 4) is 29.9 Å². The highest BCUT2D eigenvalue weighted by Crippen LogP contribution is 2.54. The maximum atomic E-state index is 14.4. The molecular formula is C51H47N4O5S8. The minimum atomic E-state index is -1.04. The molecular weight excluding hydrogens is 1010 g/mol. The van der Waals surface area contributed by atoms with Crippen molar-refractivity contribution in [1.29, 1.82) is 0 Å². The third kappa shape index (κ3) is 9.02. The van der Waals surface area contributed by atoms with E-state index < -0.39 is 5.97 Å². The molecule has 68 heavy (non-hydrogen) atoms. The van der Waals surface area contributed by atoms with E-state index in [1.165, 1.54) is 95.0 Å². The van der Waals surface area contributed by atoms with Crippen LogP contribution < -0.4 is 25.2 Å². The molecule has 9 nitrogen and oxygen atoms in total. The van der Waals surface area contributed by atoms with E-state index in [9.17, 15) is 24.3 Å². The molecule has 1 saturated carbocycles. The summed E-state index contributed by atoms with van der Waals surface area (Å²) in [5, 5.41) is 10.9. The third-order valence-corrected chi connectivity index (χ3v) is 21.1. The number of rotatable bonds is 15. The van der Waals surface area contributed by atoms with Crippen LogP contribution in [0.5, 0.6) is 0 Å². The van der Waals surface area contributed by atoms with Crippen molar-refractivity contribution in [3.63, 3.8) is 0 Å². The average molecular weight is 1050 g/mol. The van der Waals surface area contributed by atoms with Gasteiger partial charge in [0.2, 0.25) is 0 Å². The monoisotopic (exact) mass is 1050 g/mol. The number of amides is 1. The normalized spacial score (nSPS) is 18.4. The number of aliphatic carboxylic acids is 1. The first-order valence-corrected chi connectivity index (χ1v) is 29.0. The van der Waals surface area contributed by atoms with Gasteiger partial charge in [0, 0.05) is 72.3 Å². The summed E-state index contributed by atoms with van der Waals surface area (Å²) in [6, 6.07) is 29.1. The van der Waals surface area contributed by atoms with Gasteiger partial charge in [-0.2, -0.15) is 0 Å². The molecule has 349 valence electrons. The van der Waals surface area contributed by atoms with Gasteiger partial charge >= 0.3 is 5.97 Å². The van der Waals surface area contributed by atoms with Crippen LogP contribution in [-0.4, -0.2) is 47.9 Å². The van der Waals surface area contributed by atoms with Crippen LogP contribution in [-0.2, 0) is 22.7 Å². The number of nitrogens with zero attached hydrogens (tertiary/aromatic N) is 4. The molecule has 17 heteroatoms. The summed E-state index contributed by atoms with van der Waals surface area (Å²) < 4.78 is 5.20. The number of thiazole rings is 2. The zero-order valence-corrected chi connectivity index (χ0v) is 44.1. The second-order valence-electron chi connectivity index (χ2n) is 16.8. The third-order valence-electron chi connectivity index (χ3n) is 12.6. The number of thiophene rings is 3. The smallest absolute Gasteiger partial charge is 0.305 e. The summed E-state index contributed by atoms with van der Waals surface area (Å²) >= 11 is 16.4. The topological polar surface area (TPSA) is 105 Å². The number of hydrogen-bond donors (Lipinski definition) is 1. The number of fused-ring (bicyclic) bond motifs is 3. The highest BCUT2D eigenvalue weighted by atomic mass is 32.2. The first kappa shape index (κ1) is 47.4. The fourth-order valence-corrected chi connectivity index (χ4v) is 17.2. The van der Waals surface area contributed by atoms with Crippen LogP contribution in [0.15, 0.2) is 93.3 Å². The molecule has 1 amide bonds. The number of benzene rings is 2. The summed E-state index contributed by atoms with van der Waals surface area (Å²) in [6.45, 7) is 6.76. The van der Waals surface area contributed by atoms with Gasteiger partial charge in [0.05, 0.1) is 16.0 Å². The molecule has 5 aromatic heterocycles. The molecule has 10 rings (SSSR count). The molecule has 2 aliphatic heterocycles. The van der Waals surface area contributed by atoms with E-state index in [4.69, 9.17) is 12.2 Å². The van der Waals surface area contributed by atoms with Gasteiger partial charge in [-0.25, -0.2) is 0 Å². The Kier molecular flexibility index (Phi) is 14.1. The quantitative estimate of drug-likeness (QED) is 0.0611. The molecule has 1 radical (unpaired) electrons. The Balaban J connectivity index is 0.986. The Labute approximate surface area is 427 Å². The summed E-state index contributed by atoms with van der Waals surface area (Å²) in [4.78, 5) is 66.2. The van der Waals surface area contributed by atoms with Crippen LogP contribution in [0.2, 0.25) is 0 Å². The van der Waals surface area contributed by atoms with Crippen LogP contribution >= 0.6 is 92.4 Å². The number of carboxylic acid groups (broad SMARTS) is 1. The average Bonchev–Trinajstić information content (AvgIpc) is 4.20. The van der Waals surface area contributed by atoms with Gasteiger partial charge in [-0.05, 0) is 110 Å². The van der Waals surface area contributed by atoms with E-state index in [0.717, 1.165) is 44.1 Å². The first-order valence-electron chi connectivity index (χ1n) is 22.8. The number of anilines is 2. The Morgan fingerprint density at radius 1 is 0.794 bits per heavy atom. The molecule has 7 aromatic rings. The van der Waals surface area contributed by atoms with Crippen LogP contribution in [0.1, 0.15) is 82.8 Å². The highest BCUT2D eigenvalue weighted by molar-refractivity contribution is 8.30. The maximum absolute atomic E-state index is 14.4. The van der Waals surface area contributed by atoms with Crippen molar-refractivity contribution in [3.05, 3.63) is 135 Å². The Morgan fingerprint density at radius 3 is 2.21 bits per heavy atom. The van der Waals surface area contributed by atoms with Crippen molar-refractivity contribution in [2.75, 3.05) is 11.4 Å². The van der Waals surface area contributed by atoms with Gasteiger partial charge < -0.3 is 10.0 Å². The molecule has 2 atom stereocenters. The predicted molar refractivity (Wildman–Crippen MR) is 292 cm³/mol. The molecule has 1 N–H and O–H groups in total. The van der Waals surface area contributed by atoms with Crippen molar-refractivity contribution >= 4 is 130 Å². The minimum Gasteiger partial charge on any atom is -0.481 e. The molecule has 2 aromatic carbocycles. The number of thiocarbonyl (C=S) groups is 1. The van der Waals surface area contributed by atoms with Gasteiger partial charge in [-0.3, -0.25) is 33.2 Å². The Hall–Kier alpha value is -4.33. The lowest BCUT2D eigenvalue weighted by atomic mass is 9.96. The van der Waals surface area contributed by atoms with Crippen molar-refractivity contribution in [2.45, 2.75) is 95.7 Å². The molecule has 2 unspecified atom stereocenters. The lowest BCUT2D eigenvalue weighted by Crippen LogP contribution is -2.31. The summed E-state index contributed by atoms with van der Waals surface area (Å²) in [5.74, 6) is 1.19. The summed E-state index contributed by atoms with van der Waals surface area (Å²) in [5.41, 5.74) is 3.96. The van der Waals surface area contributed by atoms with Crippen LogP contribution in [0, 0.1) is 14.9 Å². The van der Waals surface area contributed by atoms with E-state index in [1.54, 1.807) is 16.3 Å². The summed E-state index contributed by atoms with van der Waals surface area (Å²) in [6.07, 6.45) is 7.54. The molecule has 2 fully saturated rings. The zero-order chi connectivity index (χ0) is 47.2. The fraction of sp³-hybridized carbons (Fsp3) is 0.294. The van der Waals surface area contributed by atoms with Gasteiger partial charge in [0.25, 0.3) is 17.0 Å². The zero-order valence-electron chi connectivity index (χ0n) is 37.5. The van der Waals surface area contributed by atoms with E-state index in [1.807, 2.05) is 47.0 Å². The number of carbonyl (C=O) groups excluding carboxylic acids is 1. The lowest BCUT2D eigenvalue weighted by molar-refractivity contribution is -0.137. The second-order valence-corrected chi connectivity index (χ2v) is 24.9. The van der Waals surface area contributed by atoms with Gasteiger partial charge in [0.1, 0.15) is 23.1 Å². The lowest BCUT2D eigenvalue weighted by Gasteiger charge is -2.25. The first-order chi connectivity index (χ1) is 33.0. The number of unbranched alkanes of at least 4 members (excludes halogenated alkanes) is 2. The largest absolute Gasteiger partial charge is 0.481 e. The predicted octanol–water partition coefficient (Wildman–Crippen LogP) is 12.1. The highest BCUT2D eigenvalue weighted by Gasteiger charge is 2.42. The summed E-state index contributed by atoms with van der Waals surface area (Å²) in [7, 11) is 0. The number of aromatic nitrogens is 2.